The highest BCUT2D eigenvalue weighted by atomic mass is 19.4. The normalized spacial score (nSPS) is 24.4. The van der Waals surface area contributed by atoms with Crippen molar-refractivity contribution in [1.29, 1.82) is 0 Å². The van der Waals surface area contributed by atoms with Crippen molar-refractivity contribution >= 4 is 5.69 Å². The van der Waals surface area contributed by atoms with E-state index in [0.717, 1.165) is 18.8 Å². The number of hydrogen-bond acceptors (Lipinski definition) is 2. The zero-order valence-corrected chi connectivity index (χ0v) is 11.1. The topological polar surface area (TPSA) is 12.5 Å². The van der Waals surface area contributed by atoms with Crippen molar-refractivity contribution in [3.8, 4) is 5.75 Å². The second-order valence-electron chi connectivity index (χ2n) is 5.39. The molecule has 1 aliphatic heterocycles. The first-order valence-electron chi connectivity index (χ1n) is 6.44. The summed E-state index contributed by atoms with van der Waals surface area (Å²) < 4.78 is 40.1. The van der Waals surface area contributed by atoms with E-state index in [4.69, 9.17) is 0 Å². The molecule has 5 heteroatoms. The highest BCUT2D eigenvalue weighted by molar-refractivity contribution is 5.49. The van der Waals surface area contributed by atoms with Crippen LogP contribution < -0.4 is 9.64 Å². The van der Waals surface area contributed by atoms with Crippen LogP contribution in [0.15, 0.2) is 24.3 Å². The Morgan fingerprint density at radius 3 is 2.05 bits per heavy atom. The predicted octanol–water partition coefficient (Wildman–Crippen LogP) is 4.07. The number of benzene rings is 1. The smallest absolute Gasteiger partial charge is 0.406 e. The minimum atomic E-state index is -4.63. The summed E-state index contributed by atoms with van der Waals surface area (Å²) in [5.41, 5.74) is 0.952. The molecule has 2 nitrogen and oxygen atoms in total. The molecular weight excluding hydrogens is 255 g/mol. The molecule has 0 radical (unpaired) electrons. The zero-order chi connectivity index (χ0) is 14.0. The van der Waals surface area contributed by atoms with Crippen molar-refractivity contribution in [2.24, 2.45) is 11.8 Å². The van der Waals surface area contributed by atoms with E-state index in [1.165, 1.54) is 18.6 Å². The zero-order valence-electron chi connectivity index (χ0n) is 11.1. The molecule has 2 atom stereocenters. The Bertz CT molecular complexity index is 406. The molecule has 0 spiro atoms. The van der Waals surface area contributed by atoms with Crippen LogP contribution in [-0.2, 0) is 0 Å². The fourth-order valence-electron chi connectivity index (χ4n) is 2.73. The third kappa shape index (κ3) is 4.04. The molecule has 1 aromatic carbocycles. The summed E-state index contributed by atoms with van der Waals surface area (Å²) >= 11 is 0. The molecule has 19 heavy (non-hydrogen) atoms. The third-order valence-corrected chi connectivity index (χ3v) is 3.30. The quantitative estimate of drug-likeness (QED) is 0.805. The number of piperidine rings is 1. The average Bonchev–Trinajstić information content (AvgIpc) is 2.26. The van der Waals surface area contributed by atoms with Crippen LogP contribution in [-0.4, -0.2) is 19.5 Å². The number of alkyl halides is 3. The number of ether oxygens (including phenoxy) is 1. The number of rotatable bonds is 2. The first kappa shape index (κ1) is 14.0. The fourth-order valence-corrected chi connectivity index (χ4v) is 2.73. The fraction of sp³-hybridized carbons (Fsp3) is 0.571. The molecule has 1 saturated heterocycles. The molecule has 0 bridgehead atoms. The lowest BCUT2D eigenvalue weighted by molar-refractivity contribution is -0.274. The summed E-state index contributed by atoms with van der Waals surface area (Å²) in [6, 6.07) is 6.11. The van der Waals surface area contributed by atoms with Gasteiger partial charge in [0.15, 0.2) is 0 Å². The average molecular weight is 273 g/mol. The van der Waals surface area contributed by atoms with Gasteiger partial charge in [-0.3, -0.25) is 0 Å². The molecule has 0 aliphatic carbocycles. The van der Waals surface area contributed by atoms with Gasteiger partial charge in [-0.15, -0.1) is 13.2 Å². The van der Waals surface area contributed by atoms with Gasteiger partial charge in [0.25, 0.3) is 0 Å². The highest BCUT2D eigenvalue weighted by Crippen LogP contribution is 2.29. The third-order valence-electron chi connectivity index (χ3n) is 3.30. The summed E-state index contributed by atoms with van der Waals surface area (Å²) in [4.78, 5) is 2.22. The summed E-state index contributed by atoms with van der Waals surface area (Å²) in [5.74, 6) is 1.04. The van der Waals surface area contributed by atoms with Gasteiger partial charge in [-0.1, -0.05) is 13.8 Å². The molecule has 1 heterocycles. The van der Waals surface area contributed by atoms with Crippen LogP contribution in [0.4, 0.5) is 18.9 Å². The Balaban J connectivity index is 2.05. The van der Waals surface area contributed by atoms with Crippen molar-refractivity contribution in [2.45, 2.75) is 26.6 Å². The van der Waals surface area contributed by atoms with Crippen LogP contribution in [0, 0.1) is 11.8 Å². The Labute approximate surface area is 111 Å². The Morgan fingerprint density at radius 1 is 1.05 bits per heavy atom. The SMILES string of the molecule is C[C@@H]1C[C@H](C)CN(c2ccc(OC(F)(F)F)cc2)C1. The maximum atomic E-state index is 12.1. The summed E-state index contributed by atoms with van der Waals surface area (Å²) in [6.45, 7) is 6.29. The van der Waals surface area contributed by atoms with Crippen molar-refractivity contribution in [3.63, 3.8) is 0 Å². The molecule has 1 aliphatic rings. The van der Waals surface area contributed by atoms with E-state index in [-0.39, 0.29) is 5.75 Å². The molecule has 106 valence electrons. The molecule has 0 amide bonds. The van der Waals surface area contributed by atoms with Gasteiger partial charge in [0.2, 0.25) is 0 Å². The van der Waals surface area contributed by atoms with E-state index in [9.17, 15) is 13.2 Å². The molecule has 1 aromatic rings. The Morgan fingerprint density at radius 2 is 1.58 bits per heavy atom. The minimum Gasteiger partial charge on any atom is -0.406 e. The Kier molecular flexibility index (Phi) is 3.92. The second-order valence-corrected chi connectivity index (χ2v) is 5.39. The van der Waals surface area contributed by atoms with Crippen molar-refractivity contribution in [3.05, 3.63) is 24.3 Å². The molecular formula is C14H18F3NO. The number of anilines is 1. The van der Waals surface area contributed by atoms with Crippen LogP contribution in [0.25, 0.3) is 0 Å². The second kappa shape index (κ2) is 5.31. The van der Waals surface area contributed by atoms with Crippen LogP contribution in [0.5, 0.6) is 5.75 Å². The van der Waals surface area contributed by atoms with Crippen molar-refractivity contribution in [2.75, 3.05) is 18.0 Å². The lowest BCUT2D eigenvalue weighted by Gasteiger charge is -2.36. The maximum Gasteiger partial charge on any atom is 0.573 e. The first-order valence-corrected chi connectivity index (χ1v) is 6.44. The lowest BCUT2D eigenvalue weighted by Crippen LogP contribution is -2.38. The van der Waals surface area contributed by atoms with Crippen molar-refractivity contribution < 1.29 is 17.9 Å². The molecule has 1 fully saturated rings. The van der Waals surface area contributed by atoms with Crippen LogP contribution in [0.1, 0.15) is 20.3 Å². The number of hydrogen-bond donors (Lipinski definition) is 0. The van der Waals surface area contributed by atoms with E-state index in [0.29, 0.717) is 11.8 Å². The van der Waals surface area contributed by atoms with Gasteiger partial charge in [-0.2, -0.15) is 0 Å². The van der Waals surface area contributed by atoms with Crippen LogP contribution in [0.2, 0.25) is 0 Å². The molecule has 0 aromatic heterocycles. The number of halogens is 3. The standard InChI is InChI=1S/C14H18F3NO/c1-10-7-11(2)9-18(8-10)12-3-5-13(6-4-12)19-14(15,16)17/h3-6,10-11H,7-9H2,1-2H3/t10-,11+. The molecule has 2 rings (SSSR count). The summed E-state index contributed by atoms with van der Waals surface area (Å²) in [5, 5.41) is 0. The van der Waals surface area contributed by atoms with Gasteiger partial charge >= 0.3 is 6.36 Å². The van der Waals surface area contributed by atoms with Gasteiger partial charge in [0.05, 0.1) is 0 Å². The van der Waals surface area contributed by atoms with E-state index < -0.39 is 6.36 Å². The van der Waals surface area contributed by atoms with Crippen LogP contribution >= 0.6 is 0 Å². The van der Waals surface area contributed by atoms with E-state index in [1.807, 2.05) is 0 Å². The van der Waals surface area contributed by atoms with Gasteiger partial charge in [-0.05, 0) is 42.5 Å². The van der Waals surface area contributed by atoms with E-state index >= 15 is 0 Å². The van der Waals surface area contributed by atoms with Gasteiger partial charge in [0, 0.05) is 18.8 Å². The van der Waals surface area contributed by atoms with E-state index in [1.54, 1.807) is 12.1 Å². The van der Waals surface area contributed by atoms with E-state index in [2.05, 4.69) is 23.5 Å². The minimum absolute atomic E-state index is 0.172. The molecule has 0 N–H and O–H groups in total. The highest BCUT2D eigenvalue weighted by Gasteiger charge is 2.31. The predicted molar refractivity (Wildman–Crippen MR) is 68.3 cm³/mol. The molecule has 0 unspecified atom stereocenters. The first-order chi connectivity index (χ1) is 8.83. The molecule has 0 saturated carbocycles. The van der Waals surface area contributed by atoms with Gasteiger partial charge in [0.1, 0.15) is 5.75 Å². The largest absolute Gasteiger partial charge is 0.573 e. The number of nitrogens with zero attached hydrogens (tertiary/aromatic N) is 1. The van der Waals surface area contributed by atoms with Crippen molar-refractivity contribution in [1.82, 2.24) is 0 Å². The summed E-state index contributed by atoms with van der Waals surface area (Å²) in [6.07, 6.45) is -3.43. The van der Waals surface area contributed by atoms with Gasteiger partial charge in [-0.25, -0.2) is 0 Å². The lowest BCUT2D eigenvalue weighted by atomic mass is 9.91. The van der Waals surface area contributed by atoms with Gasteiger partial charge < -0.3 is 9.64 Å². The van der Waals surface area contributed by atoms with Crippen LogP contribution in [0.3, 0.4) is 0 Å². The Hall–Kier alpha value is -1.39. The monoisotopic (exact) mass is 273 g/mol. The maximum absolute atomic E-state index is 12.1. The summed E-state index contributed by atoms with van der Waals surface area (Å²) in [7, 11) is 0.